The molecule has 0 aromatic heterocycles. The molecule has 0 aliphatic rings. The van der Waals surface area contributed by atoms with Gasteiger partial charge in [-0.25, -0.2) is 0 Å². The monoisotopic (exact) mass is 332 g/mol. The van der Waals surface area contributed by atoms with Crippen molar-refractivity contribution < 1.29 is 10.2 Å². The molecule has 0 atom stereocenters. The van der Waals surface area contributed by atoms with Crippen LogP contribution in [0.5, 0.6) is 11.5 Å². The number of phenolic OH excluding ortho intramolecular Hbond substituents is 2. The Labute approximate surface area is 149 Å². The Kier molecular flexibility index (Phi) is 4.30. The maximum Gasteiger partial charge on any atom is 0.121 e. The van der Waals surface area contributed by atoms with E-state index in [1.54, 1.807) is 0 Å². The highest BCUT2D eigenvalue weighted by molar-refractivity contribution is 5.87. The van der Waals surface area contributed by atoms with Gasteiger partial charge in [0.1, 0.15) is 11.5 Å². The normalized spacial score (nSPS) is 10.9. The van der Waals surface area contributed by atoms with Gasteiger partial charge in [-0.15, -0.1) is 0 Å². The molecule has 0 saturated carbocycles. The van der Waals surface area contributed by atoms with Crippen molar-refractivity contribution in [2.45, 2.75) is 34.6 Å². The van der Waals surface area contributed by atoms with Crippen LogP contribution in [0.1, 0.15) is 27.8 Å². The molecule has 0 amide bonds. The van der Waals surface area contributed by atoms with E-state index in [2.05, 4.69) is 25.1 Å². The van der Waals surface area contributed by atoms with Gasteiger partial charge in [-0.2, -0.15) is 0 Å². The Morgan fingerprint density at radius 2 is 1.00 bits per heavy atom. The summed E-state index contributed by atoms with van der Waals surface area (Å²) in [7, 11) is 0. The van der Waals surface area contributed by atoms with Crippen molar-refractivity contribution in [3.63, 3.8) is 0 Å². The van der Waals surface area contributed by atoms with Crippen LogP contribution in [0.15, 0.2) is 42.5 Å². The largest absolute Gasteiger partial charge is 0.507 e. The van der Waals surface area contributed by atoms with E-state index >= 15 is 0 Å². The SMILES string of the molecule is Cc1cc(-c2cccc(C)c2-c2cc(C)c(O)c(C)c2)cc(C)c1O. The Morgan fingerprint density at radius 3 is 1.48 bits per heavy atom. The predicted octanol–water partition coefficient (Wildman–Crippen LogP) is 5.97. The summed E-state index contributed by atoms with van der Waals surface area (Å²) in [5.41, 5.74) is 9.18. The van der Waals surface area contributed by atoms with Crippen molar-refractivity contribution in [2.75, 3.05) is 0 Å². The van der Waals surface area contributed by atoms with E-state index < -0.39 is 0 Å². The van der Waals surface area contributed by atoms with E-state index in [4.69, 9.17) is 0 Å². The highest BCUT2D eigenvalue weighted by Gasteiger charge is 2.14. The summed E-state index contributed by atoms with van der Waals surface area (Å²) in [5, 5.41) is 20.2. The minimum Gasteiger partial charge on any atom is -0.507 e. The molecule has 2 heteroatoms. The van der Waals surface area contributed by atoms with Gasteiger partial charge in [-0.3, -0.25) is 0 Å². The highest BCUT2D eigenvalue weighted by Crippen LogP contribution is 2.39. The molecule has 3 rings (SSSR count). The highest BCUT2D eigenvalue weighted by atomic mass is 16.3. The molecule has 128 valence electrons. The first-order valence-corrected chi connectivity index (χ1v) is 8.50. The fraction of sp³-hybridized carbons (Fsp3) is 0.217. The third-order valence-corrected chi connectivity index (χ3v) is 4.85. The van der Waals surface area contributed by atoms with Crippen LogP contribution in [0, 0.1) is 34.6 Å². The second kappa shape index (κ2) is 6.29. The van der Waals surface area contributed by atoms with E-state index in [0.29, 0.717) is 11.5 Å². The quantitative estimate of drug-likeness (QED) is 0.606. The molecule has 0 unspecified atom stereocenters. The number of aryl methyl sites for hydroxylation is 5. The molecule has 2 N–H and O–H groups in total. The zero-order valence-electron chi connectivity index (χ0n) is 15.4. The van der Waals surface area contributed by atoms with E-state index in [9.17, 15) is 10.2 Å². The van der Waals surface area contributed by atoms with Crippen molar-refractivity contribution in [3.8, 4) is 33.8 Å². The number of benzene rings is 3. The van der Waals surface area contributed by atoms with E-state index in [0.717, 1.165) is 44.5 Å². The van der Waals surface area contributed by atoms with Gasteiger partial charge in [0.25, 0.3) is 0 Å². The maximum atomic E-state index is 10.1. The summed E-state index contributed by atoms with van der Waals surface area (Å²) in [4.78, 5) is 0. The molecule has 3 aromatic rings. The van der Waals surface area contributed by atoms with Gasteiger partial charge in [0.05, 0.1) is 0 Å². The van der Waals surface area contributed by atoms with Crippen LogP contribution in [-0.2, 0) is 0 Å². The number of aromatic hydroxyl groups is 2. The standard InChI is InChI=1S/C23H24O2/c1-13-7-6-8-20(18-9-14(2)22(24)15(3)10-18)21(13)19-11-16(4)23(25)17(5)12-19/h6-12,24-25H,1-5H3. The molecule has 0 radical (unpaired) electrons. The molecule has 2 nitrogen and oxygen atoms in total. The van der Waals surface area contributed by atoms with Crippen molar-refractivity contribution in [1.82, 2.24) is 0 Å². The van der Waals surface area contributed by atoms with E-state index in [1.165, 1.54) is 5.56 Å². The Hall–Kier alpha value is -2.74. The smallest absolute Gasteiger partial charge is 0.121 e. The van der Waals surface area contributed by atoms with Crippen LogP contribution in [0.2, 0.25) is 0 Å². The fourth-order valence-corrected chi connectivity index (χ4v) is 3.50. The molecule has 0 heterocycles. The molecular formula is C23H24O2. The Bertz CT molecular complexity index is 922. The molecular weight excluding hydrogens is 308 g/mol. The third kappa shape index (κ3) is 3.00. The zero-order chi connectivity index (χ0) is 18.3. The number of hydrogen-bond donors (Lipinski definition) is 2. The van der Waals surface area contributed by atoms with Gasteiger partial charge in [-0.1, -0.05) is 18.2 Å². The van der Waals surface area contributed by atoms with E-state index in [1.807, 2.05) is 52.0 Å². The first kappa shape index (κ1) is 17.1. The van der Waals surface area contributed by atoms with Gasteiger partial charge in [0, 0.05) is 0 Å². The molecule has 25 heavy (non-hydrogen) atoms. The topological polar surface area (TPSA) is 40.5 Å². The second-order valence-electron chi connectivity index (χ2n) is 6.91. The first-order valence-electron chi connectivity index (χ1n) is 8.50. The lowest BCUT2D eigenvalue weighted by atomic mass is 9.88. The number of rotatable bonds is 2. The van der Waals surface area contributed by atoms with Crippen molar-refractivity contribution in [3.05, 3.63) is 70.3 Å². The summed E-state index contributed by atoms with van der Waals surface area (Å²) < 4.78 is 0. The Balaban J connectivity index is 2.30. The number of phenols is 2. The van der Waals surface area contributed by atoms with Gasteiger partial charge >= 0.3 is 0 Å². The lowest BCUT2D eigenvalue weighted by Crippen LogP contribution is -1.93. The van der Waals surface area contributed by atoms with Crippen molar-refractivity contribution in [2.24, 2.45) is 0 Å². The van der Waals surface area contributed by atoms with Gasteiger partial charge in [0.2, 0.25) is 0 Å². The predicted molar refractivity (Wildman–Crippen MR) is 104 cm³/mol. The van der Waals surface area contributed by atoms with Crippen molar-refractivity contribution in [1.29, 1.82) is 0 Å². The van der Waals surface area contributed by atoms with Crippen LogP contribution >= 0.6 is 0 Å². The summed E-state index contributed by atoms with van der Waals surface area (Å²) in [6.07, 6.45) is 0. The minimum absolute atomic E-state index is 0.356. The van der Waals surface area contributed by atoms with Crippen LogP contribution in [-0.4, -0.2) is 10.2 Å². The Morgan fingerprint density at radius 1 is 0.560 bits per heavy atom. The molecule has 3 aromatic carbocycles. The molecule has 0 bridgehead atoms. The van der Waals surface area contributed by atoms with Crippen LogP contribution in [0.25, 0.3) is 22.3 Å². The zero-order valence-corrected chi connectivity index (χ0v) is 15.4. The average Bonchev–Trinajstić information content (AvgIpc) is 2.56. The van der Waals surface area contributed by atoms with Crippen molar-refractivity contribution >= 4 is 0 Å². The summed E-state index contributed by atoms with van der Waals surface area (Å²) >= 11 is 0. The lowest BCUT2D eigenvalue weighted by Gasteiger charge is -2.17. The average molecular weight is 332 g/mol. The fourth-order valence-electron chi connectivity index (χ4n) is 3.50. The molecule has 0 saturated heterocycles. The maximum absolute atomic E-state index is 10.1. The summed E-state index contributed by atoms with van der Waals surface area (Å²) in [6.45, 7) is 9.82. The lowest BCUT2D eigenvalue weighted by molar-refractivity contribution is 0.466. The second-order valence-corrected chi connectivity index (χ2v) is 6.91. The summed E-state index contributed by atoms with van der Waals surface area (Å²) in [6, 6.07) is 14.4. The number of hydrogen-bond acceptors (Lipinski definition) is 2. The minimum atomic E-state index is 0.356. The molecule has 0 fully saturated rings. The van der Waals surface area contributed by atoms with Crippen LogP contribution in [0.3, 0.4) is 0 Å². The molecule has 0 aliphatic carbocycles. The van der Waals surface area contributed by atoms with Gasteiger partial charge in [-0.05, 0) is 109 Å². The third-order valence-electron chi connectivity index (χ3n) is 4.85. The van der Waals surface area contributed by atoms with E-state index in [-0.39, 0.29) is 0 Å². The van der Waals surface area contributed by atoms with Gasteiger partial charge < -0.3 is 10.2 Å². The summed E-state index contributed by atoms with van der Waals surface area (Å²) in [5.74, 6) is 0.712. The first-order chi connectivity index (χ1) is 11.8. The van der Waals surface area contributed by atoms with Gasteiger partial charge in [0.15, 0.2) is 0 Å². The molecule has 0 spiro atoms. The van der Waals surface area contributed by atoms with Crippen LogP contribution < -0.4 is 0 Å². The van der Waals surface area contributed by atoms with Crippen LogP contribution in [0.4, 0.5) is 0 Å². The molecule has 0 aliphatic heterocycles.